The van der Waals surface area contributed by atoms with Gasteiger partial charge >= 0.3 is 0 Å². The fourth-order valence-electron chi connectivity index (χ4n) is 1.61. The van der Waals surface area contributed by atoms with Crippen LogP contribution in [0.3, 0.4) is 0 Å². The molecule has 0 saturated carbocycles. The van der Waals surface area contributed by atoms with Gasteiger partial charge in [-0.15, -0.1) is 0 Å². The van der Waals surface area contributed by atoms with Crippen LogP contribution in [0.25, 0.3) is 5.69 Å². The molecule has 3 rings (SSSR count). The van der Waals surface area contributed by atoms with E-state index in [-0.39, 0.29) is 6.10 Å². The molecule has 1 fully saturated rings. The smallest absolute Gasteiger partial charge is 0.108 e. The Labute approximate surface area is 81.9 Å². The van der Waals surface area contributed by atoms with E-state index in [9.17, 15) is 0 Å². The first-order chi connectivity index (χ1) is 6.95. The van der Waals surface area contributed by atoms with Crippen LogP contribution >= 0.6 is 0 Å². The Morgan fingerprint density at radius 3 is 2.86 bits per heavy atom. The van der Waals surface area contributed by atoms with E-state index >= 15 is 0 Å². The van der Waals surface area contributed by atoms with Crippen LogP contribution in [0.5, 0.6) is 0 Å². The Bertz CT molecular complexity index is 432. The topological polar surface area (TPSA) is 30.4 Å². The third kappa shape index (κ3) is 1.22. The molecule has 0 unspecified atom stereocenters. The Morgan fingerprint density at radius 2 is 2.14 bits per heavy atom. The lowest BCUT2D eigenvalue weighted by Crippen LogP contribution is -1.98. The first kappa shape index (κ1) is 7.76. The summed E-state index contributed by atoms with van der Waals surface area (Å²) in [5.74, 6) is 0. The quantitative estimate of drug-likeness (QED) is 0.671. The van der Waals surface area contributed by atoms with Gasteiger partial charge < -0.3 is 4.74 Å². The summed E-state index contributed by atoms with van der Waals surface area (Å²) in [5, 5.41) is 4.22. The third-order valence-corrected chi connectivity index (χ3v) is 2.37. The summed E-state index contributed by atoms with van der Waals surface area (Å²) < 4.78 is 7.16. The van der Waals surface area contributed by atoms with E-state index in [0.717, 1.165) is 12.3 Å². The molecule has 2 heterocycles. The molecule has 3 nitrogen and oxygen atoms in total. The second kappa shape index (κ2) is 2.96. The molecule has 2 aromatic rings. The van der Waals surface area contributed by atoms with Crippen molar-refractivity contribution in [2.24, 2.45) is 0 Å². The van der Waals surface area contributed by atoms with Crippen molar-refractivity contribution >= 4 is 0 Å². The molecule has 0 radical (unpaired) electrons. The van der Waals surface area contributed by atoms with Crippen molar-refractivity contribution in [3.63, 3.8) is 0 Å². The van der Waals surface area contributed by atoms with Gasteiger partial charge in [0.25, 0.3) is 0 Å². The van der Waals surface area contributed by atoms with Crippen LogP contribution in [0.1, 0.15) is 11.7 Å². The molecule has 0 aliphatic carbocycles. The summed E-state index contributed by atoms with van der Waals surface area (Å²) in [6, 6.07) is 10.1. The summed E-state index contributed by atoms with van der Waals surface area (Å²) >= 11 is 0. The molecule has 0 spiro atoms. The number of ether oxygens (including phenoxy) is 1. The molecule has 1 aliphatic heterocycles. The molecule has 1 aliphatic rings. The van der Waals surface area contributed by atoms with Gasteiger partial charge in [-0.05, 0) is 12.1 Å². The molecule has 3 heteroatoms. The average molecular weight is 186 g/mol. The van der Waals surface area contributed by atoms with E-state index in [1.54, 1.807) is 6.20 Å². The van der Waals surface area contributed by atoms with Crippen molar-refractivity contribution in [2.45, 2.75) is 6.10 Å². The van der Waals surface area contributed by atoms with Gasteiger partial charge in [-0.1, -0.05) is 18.2 Å². The van der Waals surface area contributed by atoms with Gasteiger partial charge in [-0.2, -0.15) is 5.10 Å². The van der Waals surface area contributed by atoms with Crippen molar-refractivity contribution < 1.29 is 4.74 Å². The summed E-state index contributed by atoms with van der Waals surface area (Å²) in [5.41, 5.74) is 2.33. The number of aromatic nitrogens is 2. The van der Waals surface area contributed by atoms with Crippen LogP contribution in [0.15, 0.2) is 42.7 Å². The van der Waals surface area contributed by atoms with E-state index in [2.05, 4.69) is 17.2 Å². The zero-order chi connectivity index (χ0) is 9.38. The highest BCUT2D eigenvalue weighted by atomic mass is 16.6. The van der Waals surface area contributed by atoms with E-state index in [1.165, 1.54) is 5.56 Å². The predicted octanol–water partition coefficient (Wildman–Crippen LogP) is 1.94. The van der Waals surface area contributed by atoms with Crippen molar-refractivity contribution in [3.05, 3.63) is 48.3 Å². The van der Waals surface area contributed by atoms with Crippen LogP contribution < -0.4 is 0 Å². The first-order valence-electron chi connectivity index (χ1n) is 4.66. The number of rotatable bonds is 2. The Balaban J connectivity index is 2.12. The van der Waals surface area contributed by atoms with E-state index < -0.39 is 0 Å². The molecule has 1 aromatic heterocycles. The Morgan fingerprint density at radius 1 is 1.29 bits per heavy atom. The van der Waals surface area contributed by atoms with Gasteiger partial charge in [-0.3, -0.25) is 0 Å². The molecule has 14 heavy (non-hydrogen) atoms. The Kier molecular flexibility index (Phi) is 1.64. The van der Waals surface area contributed by atoms with E-state index in [4.69, 9.17) is 4.74 Å². The second-order valence-corrected chi connectivity index (χ2v) is 3.33. The van der Waals surface area contributed by atoms with E-state index in [1.807, 2.05) is 29.1 Å². The molecular weight excluding hydrogens is 176 g/mol. The van der Waals surface area contributed by atoms with Crippen LogP contribution in [0.4, 0.5) is 0 Å². The van der Waals surface area contributed by atoms with Crippen LogP contribution in [0, 0.1) is 0 Å². The molecule has 0 bridgehead atoms. The molecule has 0 amide bonds. The van der Waals surface area contributed by atoms with Crippen molar-refractivity contribution in [1.82, 2.24) is 9.78 Å². The first-order valence-corrected chi connectivity index (χ1v) is 4.66. The third-order valence-electron chi connectivity index (χ3n) is 2.37. The standard InChI is InChI=1S/C11H10N2O/c1-2-5-10(13-7-3-6-12-13)9(4-1)11-8-14-11/h1-7,11H,8H2/t11-/m0/s1. The van der Waals surface area contributed by atoms with Crippen molar-refractivity contribution in [3.8, 4) is 5.69 Å². The molecule has 70 valence electrons. The minimum Gasteiger partial charge on any atom is -0.368 e. The number of benzene rings is 1. The lowest BCUT2D eigenvalue weighted by molar-refractivity contribution is 0.415. The van der Waals surface area contributed by atoms with Gasteiger partial charge in [0.2, 0.25) is 0 Å². The maximum atomic E-state index is 5.29. The normalized spacial score (nSPS) is 19.6. The number of para-hydroxylation sites is 1. The number of hydrogen-bond donors (Lipinski definition) is 0. The van der Waals surface area contributed by atoms with Gasteiger partial charge in [0, 0.05) is 18.0 Å². The van der Waals surface area contributed by atoms with Crippen LogP contribution in [-0.2, 0) is 4.74 Å². The van der Waals surface area contributed by atoms with Crippen molar-refractivity contribution in [2.75, 3.05) is 6.61 Å². The van der Waals surface area contributed by atoms with E-state index in [0.29, 0.717) is 0 Å². The van der Waals surface area contributed by atoms with Gasteiger partial charge in [0.1, 0.15) is 6.10 Å². The fraction of sp³-hybridized carbons (Fsp3) is 0.182. The van der Waals surface area contributed by atoms with Gasteiger partial charge in [0.05, 0.1) is 12.3 Å². The monoisotopic (exact) mass is 186 g/mol. The number of nitrogens with zero attached hydrogens (tertiary/aromatic N) is 2. The lowest BCUT2D eigenvalue weighted by atomic mass is 10.1. The zero-order valence-electron chi connectivity index (χ0n) is 7.63. The highest BCUT2D eigenvalue weighted by molar-refractivity contribution is 5.42. The number of epoxide rings is 1. The summed E-state index contributed by atoms with van der Waals surface area (Å²) in [6.07, 6.45) is 4.00. The molecule has 1 atom stereocenters. The number of hydrogen-bond acceptors (Lipinski definition) is 2. The molecule has 0 N–H and O–H groups in total. The maximum absolute atomic E-state index is 5.29. The minimum atomic E-state index is 0.274. The molecular formula is C11H10N2O. The van der Waals surface area contributed by atoms with Crippen LogP contribution in [0.2, 0.25) is 0 Å². The Hall–Kier alpha value is -1.61. The highest BCUT2D eigenvalue weighted by Gasteiger charge is 2.27. The average Bonchev–Trinajstić information content (AvgIpc) is 2.94. The van der Waals surface area contributed by atoms with Gasteiger partial charge in [0.15, 0.2) is 0 Å². The molecule has 1 saturated heterocycles. The summed E-state index contributed by atoms with van der Waals surface area (Å²) in [4.78, 5) is 0. The second-order valence-electron chi connectivity index (χ2n) is 3.33. The molecule has 1 aromatic carbocycles. The minimum absolute atomic E-state index is 0.274. The fourth-order valence-corrected chi connectivity index (χ4v) is 1.61. The maximum Gasteiger partial charge on any atom is 0.108 e. The van der Waals surface area contributed by atoms with Crippen LogP contribution in [-0.4, -0.2) is 16.4 Å². The lowest BCUT2D eigenvalue weighted by Gasteiger charge is -2.06. The van der Waals surface area contributed by atoms with Gasteiger partial charge in [-0.25, -0.2) is 4.68 Å². The zero-order valence-corrected chi connectivity index (χ0v) is 7.63. The summed E-state index contributed by atoms with van der Waals surface area (Å²) in [7, 11) is 0. The highest BCUT2D eigenvalue weighted by Crippen LogP contribution is 2.33. The summed E-state index contributed by atoms with van der Waals surface area (Å²) in [6.45, 7) is 0.832. The predicted molar refractivity (Wildman–Crippen MR) is 52.3 cm³/mol. The SMILES string of the molecule is c1ccc(-n2cccn2)c([C@@H]2CO2)c1. The largest absolute Gasteiger partial charge is 0.368 e. The van der Waals surface area contributed by atoms with Crippen molar-refractivity contribution in [1.29, 1.82) is 0 Å².